The van der Waals surface area contributed by atoms with E-state index < -0.39 is 0 Å². The van der Waals surface area contributed by atoms with Crippen molar-refractivity contribution in [2.75, 3.05) is 26.0 Å². The van der Waals surface area contributed by atoms with Crippen molar-refractivity contribution in [3.8, 4) is 0 Å². The van der Waals surface area contributed by atoms with Crippen molar-refractivity contribution in [1.82, 2.24) is 19.9 Å². The molecule has 2 heterocycles. The molecule has 124 valence electrons. The molecular formula is C17H18BrN5O. The van der Waals surface area contributed by atoms with E-state index in [0.717, 1.165) is 29.0 Å². The molecule has 0 aliphatic carbocycles. The van der Waals surface area contributed by atoms with E-state index in [2.05, 4.69) is 41.1 Å². The van der Waals surface area contributed by atoms with Gasteiger partial charge in [-0.25, -0.2) is 9.97 Å². The van der Waals surface area contributed by atoms with Gasteiger partial charge in [0, 0.05) is 29.3 Å². The first-order valence-corrected chi connectivity index (χ1v) is 8.37. The predicted octanol–water partition coefficient (Wildman–Crippen LogP) is 3.08. The predicted molar refractivity (Wildman–Crippen MR) is 98.2 cm³/mol. The smallest absolute Gasteiger partial charge is 0.257 e. The minimum atomic E-state index is -0.191. The number of likely N-dealkylation sites (N-methyl/N-ethyl adjacent to an activating group) is 1. The Hall–Kier alpha value is -2.25. The molecule has 0 bridgehead atoms. The molecule has 3 rings (SSSR count). The molecule has 2 aromatic heterocycles. The fourth-order valence-corrected chi connectivity index (χ4v) is 2.76. The number of rotatable bonds is 5. The number of anilines is 1. The van der Waals surface area contributed by atoms with Gasteiger partial charge in [0.25, 0.3) is 5.91 Å². The number of halogens is 1. The number of nitrogens with one attached hydrogen (secondary N) is 2. The lowest BCUT2D eigenvalue weighted by Gasteiger charge is -2.07. The molecule has 0 saturated heterocycles. The number of carbonyl (C=O) groups excluding carboxylic acids is 1. The molecule has 2 N–H and O–H groups in total. The number of H-pyrrole nitrogens is 1. The van der Waals surface area contributed by atoms with Crippen LogP contribution >= 0.6 is 15.9 Å². The molecule has 0 atom stereocenters. The van der Waals surface area contributed by atoms with Crippen molar-refractivity contribution in [3.63, 3.8) is 0 Å². The SMILES string of the molecule is CN(C)CCc1nc2nccc(C(=O)Nc3cccc(Br)c3)c2[nH]1. The summed E-state index contributed by atoms with van der Waals surface area (Å²) in [4.78, 5) is 26.6. The van der Waals surface area contributed by atoms with Gasteiger partial charge in [-0.1, -0.05) is 22.0 Å². The molecule has 24 heavy (non-hydrogen) atoms. The number of hydrogen-bond acceptors (Lipinski definition) is 4. The Bertz CT molecular complexity index is 874. The van der Waals surface area contributed by atoms with Crippen LogP contribution in [0.15, 0.2) is 41.0 Å². The molecule has 3 aromatic rings. The second-order valence-electron chi connectivity index (χ2n) is 5.76. The summed E-state index contributed by atoms with van der Waals surface area (Å²) in [7, 11) is 4.02. The van der Waals surface area contributed by atoms with Crippen molar-refractivity contribution >= 4 is 38.7 Å². The molecule has 1 aromatic carbocycles. The third-order valence-electron chi connectivity index (χ3n) is 3.56. The van der Waals surface area contributed by atoms with Crippen molar-refractivity contribution in [1.29, 1.82) is 0 Å². The summed E-state index contributed by atoms with van der Waals surface area (Å²) in [6, 6.07) is 9.18. The number of hydrogen-bond donors (Lipinski definition) is 2. The molecule has 0 spiro atoms. The van der Waals surface area contributed by atoms with Gasteiger partial charge in [-0.2, -0.15) is 0 Å². The maximum atomic E-state index is 12.6. The van der Waals surface area contributed by atoms with Crippen LogP contribution in [0.4, 0.5) is 5.69 Å². The van der Waals surface area contributed by atoms with E-state index in [1.165, 1.54) is 0 Å². The maximum Gasteiger partial charge on any atom is 0.257 e. The molecule has 0 radical (unpaired) electrons. The van der Waals surface area contributed by atoms with E-state index in [9.17, 15) is 4.79 Å². The van der Waals surface area contributed by atoms with E-state index in [1.807, 2.05) is 38.4 Å². The van der Waals surface area contributed by atoms with Gasteiger partial charge < -0.3 is 15.2 Å². The van der Waals surface area contributed by atoms with Crippen LogP contribution in [0, 0.1) is 0 Å². The van der Waals surface area contributed by atoms with Crippen LogP contribution in [-0.2, 0) is 6.42 Å². The average molecular weight is 388 g/mol. The zero-order valence-corrected chi connectivity index (χ0v) is 15.1. The lowest BCUT2D eigenvalue weighted by atomic mass is 10.2. The number of fused-ring (bicyclic) bond motifs is 1. The molecule has 0 unspecified atom stereocenters. The number of amides is 1. The standard InChI is InChI=1S/C17H18BrN5O/c1-23(2)9-7-14-21-15-13(6-8-19-16(15)22-14)17(24)20-12-5-3-4-11(18)10-12/h3-6,8,10H,7,9H2,1-2H3,(H,20,24)(H,19,21,22). The lowest BCUT2D eigenvalue weighted by molar-refractivity contribution is 0.102. The van der Waals surface area contributed by atoms with Gasteiger partial charge >= 0.3 is 0 Å². The minimum Gasteiger partial charge on any atom is -0.340 e. The van der Waals surface area contributed by atoms with Gasteiger partial charge in [0.2, 0.25) is 0 Å². The third-order valence-corrected chi connectivity index (χ3v) is 4.06. The fourth-order valence-electron chi connectivity index (χ4n) is 2.36. The molecule has 0 aliphatic heterocycles. The van der Waals surface area contributed by atoms with Crippen LogP contribution in [-0.4, -0.2) is 46.4 Å². The van der Waals surface area contributed by atoms with Gasteiger partial charge in [0.05, 0.1) is 11.1 Å². The second kappa shape index (κ2) is 7.11. The highest BCUT2D eigenvalue weighted by Gasteiger charge is 2.14. The molecule has 0 aliphatic rings. The summed E-state index contributed by atoms with van der Waals surface area (Å²) in [5.74, 6) is 0.636. The highest BCUT2D eigenvalue weighted by Crippen LogP contribution is 2.19. The van der Waals surface area contributed by atoms with Crippen molar-refractivity contribution in [2.45, 2.75) is 6.42 Å². The van der Waals surface area contributed by atoms with Crippen LogP contribution in [0.2, 0.25) is 0 Å². The van der Waals surface area contributed by atoms with Crippen molar-refractivity contribution < 1.29 is 4.79 Å². The van der Waals surface area contributed by atoms with Gasteiger partial charge in [-0.3, -0.25) is 4.79 Å². The first-order chi connectivity index (χ1) is 11.5. The molecule has 0 fully saturated rings. The van der Waals surface area contributed by atoms with E-state index in [0.29, 0.717) is 16.7 Å². The monoisotopic (exact) mass is 387 g/mol. The number of nitrogens with zero attached hydrogens (tertiary/aromatic N) is 3. The van der Waals surface area contributed by atoms with Gasteiger partial charge in [-0.15, -0.1) is 0 Å². The number of carbonyl (C=O) groups is 1. The van der Waals surface area contributed by atoms with Gasteiger partial charge in [0.1, 0.15) is 5.82 Å². The first kappa shape index (κ1) is 16.6. The fraction of sp³-hybridized carbons (Fsp3) is 0.235. The van der Waals surface area contributed by atoms with Crippen LogP contribution in [0.3, 0.4) is 0 Å². The Morgan fingerprint density at radius 1 is 1.33 bits per heavy atom. The van der Waals surface area contributed by atoms with Crippen LogP contribution in [0.5, 0.6) is 0 Å². The number of aromatic amines is 1. The second-order valence-corrected chi connectivity index (χ2v) is 6.67. The van der Waals surface area contributed by atoms with E-state index in [-0.39, 0.29) is 5.91 Å². The lowest BCUT2D eigenvalue weighted by Crippen LogP contribution is -2.15. The zero-order chi connectivity index (χ0) is 17.1. The van der Waals surface area contributed by atoms with E-state index in [4.69, 9.17) is 0 Å². The molecule has 6 nitrogen and oxygen atoms in total. The number of aromatic nitrogens is 3. The Labute approximate surface area is 148 Å². The average Bonchev–Trinajstić information content (AvgIpc) is 2.95. The summed E-state index contributed by atoms with van der Waals surface area (Å²) < 4.78 is 0.910. The van der Waals surface area contributed by atoms with Crippen LogP contribution in [0.1, 0.15) is 16.2 Å². The zero-order valence-electron chi connectivity index (χ0n) is 13.5. The normalized spacial score (nSPS) is 11.2. The molecule has 1 amide bonds. The van der Waals surface area contributed by atoms with E-state index in [1.54, 1.807) is 12.3 Å². The van der Waals surface area contributed by atoms with Crippen LogP contribution < -0.4 is 5.32 Å². The summed E-state index contributed by atoms with van der Waals surface area (Å²) in [5, 5.41) is 2.90. The van der Waals surface area contributed by atoms with Gasteiger partial charge in [0.15, 0.2) is 5.65 Å². The Balaban J connectivity index is 1.86. The summed E-state index contributed by atoms with van der Waals surface area (Å²) in [6.45, 7) is 0.874. The largest absolute Gasteiger partial charge is 0.340 e. The number of benzene rings is 1. The molecule has 7 heteroatoms. The Morgan fingerprint density at radius 2 is 2.17 bits per heavy atom. The third kappa shape index (κ3) is 3.80. The first-order valence-electron chi connectivity index (χ1n) is 7.58. The van der Waals surface area contributed by atoms with E-state index >= 15 is 0 Å². The molecular weight excluding hydrogens is 370 g/mol. The highest BCUT2D eigenvalue weighted by atomic mass is 79.9. The Morgan fingerprint density at radius 3 is 2.92 bits per heavy atom. The van der Waals surface area contributed by atoms with Gasteiger partial charge in [-0.05, 0) is 38.4 Å². The Kier molecular flexibility index (Phi) is 4.92. The summed E-state index contributed by atoms with van der Waals surface area (Å²) in [6.07, 6.45) is 2.38. The van der Waals surface area contributed by atoms with Crippen molar-refractivity contribution in [3.05, 3.63) is 52.4 Å². The maximum absolute atomic E-state index is 12.6. The topological polar surface area (TPSA) is 73.9 Å². The van der Waals surface area contributed by atoms with Crippen molar-refractivity contribution in [2.24, 2.45) is 0 Å². The van der Waals surface area contributed by atoms with Crippen LogP contribution in [0.25, 0.3) is 11.2 Å². The molecule has 0 saturated carbocycles. The number of imidazole rings is 1. The quantitative estimate of drug-likeness (QED) is 0.705. The summed E-state index contributed by atoms with van der Waals surface area (Å²) in [5.41, 5.74) is 2.49. The summed E-state index contributed by atoms with van der Waals surface area (Å²) >= 11 is 3.40. The highest BCUT2D eigenvalue weighted by molar-refractivity contribution is 9.10. The minimum absolute atomic E-state index is 0.191. The number of pyridine rings is 1.